The van der Waals surface area contributed by atoms with E-state index in [9.17, 15) is 0 Å². The molecule has 2 saturated carbocycles. The lowest BCUT2D eigenvalue weighted by molar-refractivity contribution is 0.408. The Morgan fingerprint density at radius 1 is 0.880 bits per heavy atom. The summed E-state index contributed by atoms with van der Waals surface area (Å²) in [5.74, 6) is 1.57. The average molecular weight is 342 g/mol. The second kappa shape index (κ2) is 9.26. The highest BCUT2D eigenvalue weighted by Gasteiger charge is 2.17. The molecule has 0 radical (unpaired) electrons. The van der Waals surface area contributed by atoms with Crippen molar-refractivity contribution in [3.05, 3.63) is 29.8 Å². The van der Waals surface area contributed by atoms with Crippen LogP contribution < -0.4 is 10.6 Å². The molecule has 0 bridgehead atoms. The Balaban J connectivity index is 1.68. The molecule has 0 heterocycles. The van der Waals surface area contributed by atoms with Crippen LogP contribution in [-0.4, -0.2) is 18.0 Å². The van der Waals surface area contributed by atoms with Crippen molar-refractivity contribution < 1.29 is 0 Å². The number of nitrogens with zero attached hydrogens (tertiary/aromatic N) is 1. The Morgan fingerprint density at radius 3 is 2.08 bits per heavy atom. The molecular formula is C22H35N3. The van der Waals surface area contributed by atoms with Gasteiger partial charge < -0.3 is 10.6 Å². The molecule has 0 saturated heterocycles. The molecule has 3 nitrogen and oxygen atoms in total. The number of nitrogens with one attached hydrogen (secondary N) is 2. The molecule has 3 heteroatoms. The van der Waals surface area contributed by atoms with Crippen molar-refractivity contribution >= 4 is 11.6 Å². The maximum absolute atomic E-state index is 5.08. The van der Waals surface area contributed by atoms with Crippen LogP contribution in [0.4, 0.5) is 5.69 Å². The Bertz CT molecular complexity index is 535. The van der Waals surface area contributed by atoms with Gasteiger partial charge in [0.05, 0.1) is 6.04 Å². The minimum Gasteiger partial charge on any atom is -0.353 e. The van der Waals surface area contributed by atoms with Crippen molar-refractivity contribution in [3.63, 3.8) is 0 Å². The second-order valence-corrected chi connectivity index (χ2v) is 8.15. The third kappa shape index (κ3) is 5.76. The summed E-state index contributed by atoms with van der Waals surface area (Å²) in [6, 6.07) is 9.90. The molecule has 25 heavy (non-hydrogen) atoms. The van der Waals surface area contributed by atoms with Crippen molar-refractivity contribution in [1.29, 1.82) is 0 Å². The van der Waals surface area contributed by atoms with Crippen LogP contribution in [-0.2, 0) is 0 Å². The third-order valence-electron chi connectivity index (χ3n) is 5.67. The molecule has 0 aliphatic heterocycles. The first-order valence-electron chi connectivity index (χ1n) is 10.4. The molecular weight excluding hydrogens is 306 g/mol. The molecule has 3 rings (SSSR count). The Labute approximate surface area is 153 Å². The number of guanidine groups is 1. The summed E-state index contributed by atoms with van der Waals surface area (Å²) in [5.41, 5.74) is 2.53. The van der Waals surface area contributed by atoms with Crippen LogP contribution in [0.15, 0.2) is 29.3 Å². The van der Waals surface area contributed by atoms with E-state index in [4.69, 9.17) is 4.99 Å². The highest BCUT2D eigenvalue weighted by Crippen LogP contribution is 2.22. The lowest BCUT2D eigenvalue weighted by atomic mass is 9.95. The van der Waals surface area contributed by atoms with Gasteiger partial charge in [0.15, 0.2) is 5.96 Å². The lowest BCUT2D eigenvalue weighted by Gasteiger charge is -2.27. The quantitative estimate of drug-likeness (QED) is 0.534. The summed E-state index contributed by atoms with van der Waals surface area (Å²) in [7, 11) is 0. The van der Waals surface area contributed by atoms with Gasteiger partial charge in [-0.3, -0.25) is 0 Å². The molecule has 0 aromatic heterocycles. The Hall–Kier alpha value is -1.51. The van der Waals surface area contributed by atoms with Crippen LogP contribution in [0.3, 0.4) is 0 Å². The van der Waals surface area contributed by atoms with Gasteiger partial charge in [0, 0.05) is 11.7 Å². The number of hydrogen-bond donors (Lipinski definition) is 2. The number of hydrogen-bond acceptors (Lipinski definition) is 1. The third-order valence-corrected chi connectivity index (χ3v) is 5.67. The van der Waals surface area contributed by atoms with Gasteiger partial charge in [0.25, 0.3) is 0 Å². The molecule has 0 atom stereocenters. The highest BCUT2D eigenvalue weighted by atomic mass is 15.2. The van der Waals surface area contributed by atoms with Crippen LogP contribution in [0.25, 0.3) is 0 Å². The topological polar surface area (TPSA) is 36.4 Å². The molecule has 0 amide bonds. The summed E-state index contributed by atoms with van der Waals surface area (Å²) in [6.07, 6.45) is 13.1. The fourth-order valence-electron chi connectivity index (χ4n) is 4.03. The maximum Gasteiger partial charge on any atom is 0.196 e. The number of rotatable bonds is 4. The highest BCUT2D eigenvalue weighted by molar-refractivity contribution is 5.94. The summed E-state index contributed by atoms with van der Waals surface area (Å²) in [5, 5.41) is 7.31. The Morgan fingerprint density at radius 2 is 1.48 bits per heavy atom. The fraction of sp³-hybridized carbons (Fsp3) is 0.682. The summed E-state index contributed by atoms with van der Waals surface area (Å²) in [4.78, 5) is 5.08. The van der Waals surface area contributed by atoms with E-state index in [0.29, 0.717) is 18.0 Å². The zero-order valence-electron chi connectivity index (χ0n) is 16.1. The fourth-order valence-corrected chi connectivity index (χ4v) is 4.03. The van der Waals surface area contributed by atoms with Crippen molar-refractivity contribution in [2.45, 2.75) is 96.1 Å². The zero-order valence-corrected chi connectivity index (χ0v) is 16.1. The monoisotopic (exact) mass is 341 g/mol. The minimum absolute atomic E-state index is 0.488. The van der Waals surface area contributed by atoms with Gasteiger partial charge >= 0.3 is 0 Å². The average Bonchev–Trinajstić information content (AvgIpc) is 2.64. The first-order valence-corrected chi connectivity index (χ1v) is 10.4. The van der Waals surface area contributed by atoms with Gasteiger partial charge in [-0.25, -0.2) is 4.99 Å². The molecule has 1 aromatic rings. The SMILES string of the molecule is CC(C)c1ccc(NC(=NC2CCCCC2)NC2CCCCC2)cc1. The normalized spacial score (nSPS) is 20.7. The number of aliphatic imine (C=N–C) groups is 1. The van der Waals surface area contributed by atoms with Crippen LogP contribution in [0.2, 0.25) is 0 Å². The van der Waals surface area contributed by atoms with E-state index >= 15 is 0 Å². The van der Waals surface area contributed by atoms with Gasteiger partial charge in [-0.2, -0.15) is 0 Å². The van der Waals surface area contributed by atoms with E-state index in [2.05, 4.69) is 48.7 Å². The minimum atomic E-state index is 0.488. The molecule has 2 aliphatic carbocycles. The van der Waals surface area contributed by atoms with E-state index in [1.165, 1.54) is 69.8 Å². The molecule has 2 aliphatic rings. The predicted molar refractivity (Wildman–Crippen MR) is 108 cm³/mol. The number of benzene rings is 1. The van der Waals surface area contributed by atoms with Crippen molar-refractivity contribution in [1.82, 2.24) is 5.32 Å². The molecule has 2 fully saturated rings. The van der Waals surface area contributed by atoms with Gasteiger partial charge in [-0.1, -0.05) is 64.5 Å². The lowest BCUT2D eigenvalue weighted by Crippen LogP contribution is -2.41. The van der Waals surface area contributed by atoms with Crippen LogP contribution >= 0.6 is 0 Å². The maximum atomic E-state index is 5.08. The van der Waals surface area contributed by atoms with Crippen molar-refractivity contribution in [2.75, 3.05) is 5.32 Å². The largest absolute Gasteiger partial charge is 0.353 e. The zero-order chi connectivity index (χ0) is 17.5. The molecule has 2 N–H and O–H groups in total. The smallest absolute Gasteiger partial charge is 0.196 e. The second-order valence-electron chi connectivity index (χ2n) is 8.15. The Kier molecular flexibility index (Phi) is 6.77. The molecule has 0 spiro atoms. The summed E-state index contributed by atoms with van der Waals surface area (Å²) >= 11 is 0. The van der Waals surface area contributed by atoms with Gasteiger partial charge in [-0.15, -0.1) is 0 Å². The van der Waals surface area contributed by atoms with Gasteiger partial charge in [0.2, 0.25) is 0 Å². The van der Waals surface area contributed by atoms with E-state index in [1.807, 2.05) is 0 Å². The summed E-state index contributed by atoms with van der Waals surface area (Å²) in [6.45, 7) is 4.48. The van der Waals surface area contributed by atoms with Crippen LogP contribution in [0.5, 0.6) is 0 Å². The van der Waals surface area contributed by atoms with E-state index < -0.39 is 0 Å². The van der Waals surface area contributed by atoms with E-state index in [1.54, 1.807) is 0 Å². The van der Waals surface area contributed by atoms with E-state index in [0.717, 1.165) is 11.6 Å². The standard InChI is InChI=1S/C22H35N3/c1-17(2)18-13-15-21(16-14-18)25-22(23-19-9-5-3-6-10-19)24-20-11-7-4-8-12-20/h13-17,19-20H,3-12H2,1-2H3,(H2,23,24,25). The summed E-state index contributed by atoms with van der Waals surface area (Å²) < 4.78 is 0. The first kappa shape index (κ1) is 18.3. The molecule has 1 aromatic carbocycles. The van der Waals surface area contributed by atoms with Crippen molar-refractivity contribution in [2.24, 2.45) is 4.99 Å². The van der Waals surface area contributed by atoms with Gasteiger partial charge in [0.1, 0.15) is 0 Å². The molecule has 138 valence electrons. The first-order chi connectivity index (χ1) is 12.2. The van der Waals surface area contributed by atoms with Gasteiger partial charge in [-0.05, 0) is 49.3 Å². The predicted octanol–water partition coefficient (Wildman–Crippen LogP) is 5.83. The van der Waals surface area contributed by atoms with Crippen molar-refractivity contribution in [3.8, 4) is 0 Å². The van der Waals surface area contributed by atoms with E-state index in [-0.39, 0.29) is 0 Å². The molecule has 0 unspecified atom stereocenters. The number of anilines is 1. The van der Waals surface area contributed by atoms with Crippen LogP contribution in [0.1, 0.15) is 89.5 Å². The van der Waals surface area contributed by atoms with Crippen LogP contribution in [0, 0.1) is 0 Å².